The van der Waals surface area contributed by atoms with Crippen molar-refractivity contribution in [1.82, 2.24) is 14.7 Å². The lowest BCUT2D eigenvalue weighted by molar-refractivity contribution is 0.00578. The lowest BCUT2D eigenvalue weighted by Crippen LogP contribution is -2.41. The topological polar surface area (TPSA) is 59.8 Å². The Morgan fingerprint density at radius 1 is 1.03 bits per heavy atom. The summed E-state index contributed by atoms with van der Waals surface area (Å²) in [5.41, 5.74) is 5.01. The fourth-order valence-electron chi connectivity index (χ4n) is 5.32. The minimum absolute atomic E-state index is 0.143. The fraction of sp³-hybridized carbons (Fsp3) is 0.640. The third-order valence-electron chi connectivity index (χ3n) is 8.10. The molecule has 1 N–H and O–H groups in total. The van der Waals surface area contributed by atoms with Gasteiger partial charge < -0.3 is 14.4 Å². The second-order valence-corrected chi connectivity index (χ2v) is 10.7. The van der Waals surface area contributed by atoms with Crippen molar-refractivity contribution in [1.29, 1.82) is 0 Å². The molecule has 0 aliphatic carbocycles. The number of piperidine rings is 1. The summed E-state index contributed by atoms with van der Waals surface area (Å²) in [5.74, 6) is 0. The van der Waals surface area contributed by atoms with Crippen LogP contribution in [0.15, 0.2) is 24.3 Å². The van der Waals surface area contributed by atoms with Crippen LogP contribution in [-0.2, 0) is 15.9 Å². The Hall–Kier alpha value is -1.67. The fourth-order valence-corrected chi connectivity index (χ4v) is 5.32. The molecule has 0 radical (unpaired) electrons. The summed E-state index contributed by atoms with van der Waals surface area (Å²) in [5, 5.41) is 14.9. The Morgan fingerprint density at radius 2 is 1.72 bits per heavy atom. The van der Waals surface area contributed by atoms with Gasteiger partial charge in [-0.3, -0.25) is 9.58 Å². The van der Waals surface area contributed by atoms with Gasteiger partial charge in [-0.1, -0.05) is 18.2 Å². The number of aromatic nitrogens is 2. The molecule has 7 heteroatoms. The molecule has 1 atom stereocenters. The van der Waals surface area contributed by atoms with Gasteiger partial charge in [-0.25, -0.2) is 0 Å². The molecule has 1 unspecified atom stereocenters. The van der Waals surface area contributed by atoms with Gasteiger partial charge in [0.2, 0.25) is 0 Å². The number of rotatable bonds is 3. The summed E-state index contributed by atoms with van der Waals surface area (Å²) in [6.07, 6.45) is 3.90. The minimum atomic E-state index is -0.371. The first-order valence-corrected chi connectivity index (χ1v) is 12.1. The van der Waals surface area contributed by atoms with Crippen LogP contribution in [-0.4, -0.2) is 57.3 Å². The number of aliphatic hydroxyl groups is 1. The second kappa shape index (κ2) is 7.98. The van der Waals surface area contributed by atoms with Crippen LogP contribution in [0, 0.1) is 6.92 Å². The summed E-state index contributed by atoms with van der Waals surface area (Å²) in [6, 6.07) is 9.03. The molecule has 2 aromatic rings. The van der Waals surface area contributed by atoms with Crippen molar-refractivity contribution in [3.63, 3.8) is 0 Å². The van der Waals surface area contributed by atoms with Gasteiger partial charge in [-0.15, -0.1) is 0 Å². The molecule has 4 heterocycles. The van der Waals surface area contributed by atoms with E-state index in [0.29, 0.717) is 6.04 Å². The summed E-state index contributed by atoms with van der Waals surface area (Å²) in [6.45, 7) is 13.4. The monoisotopic (exact) mass is 437 g/mol. The molecule has 1 aromatic heterocycles. The molecular formula is C25H36BN3O3. The molecular weight excluding hydrogens is 401 g/mol. The molecule has 1 aromatic carbocycles. The van der Waals surface area contributed by atoms with Crippen LogP contribution in [0.3, 0.4) is 0 Å². The highest BCUT2D eigenvalue weighted by molar-refractivity contribution is 6.62. The van der Waals surface area contributed by atoms with E-state index in [1.165, 1.54) is 11.3 Å². The van der Waals surface area contributed by atoms with E-state index in [-0.39, 0.29) is 24.4 Å². The largest absolute Gasteiger partial charge is 0.495 e. The van der Waals surface area contributed by atoms with Gasteiger partial charge in [-0.05, 0) is 77.4 Å². The highest BCUT2D eigenvalue weighted by Gasteiger charge is 2.52. The van der Waals surface area contributed by atoms with E-state index in [0.717, 1.165) is 62.0 Å². The van der Waals surface area contributed by atoms with E-state index in [1.807, 2.05) is 0 Å². The van der Waals surface area contributed by atoms with Crippen LogP contribution >= 0.6 is 0 Å². The molecule has 0 saturated carbocycles. The maximum atomic E-state index is 9.92. The summed E-state index contributed by atoms with van der Waals surface area (Å²) >= 11 is 0. The van der Waals surface area contributed by atoms with Gasteiger partial charge in [0.1, 0.15) is 0 Å². The van der Waals surface area contributed by atoms with Crippen molar-refractivity contribution in [3.8, 4) is 11.3 Å². The minimum Gasteiger partial charge on any atom is -0.399 e. The molecule has 6 nitrogen and oxygen atoms in total. The lowest BCUT2D eigenvalue weighted by Gasteiger charge is -2.38. The Kier molecular flexibility index (Phi) is 5.52. The van der Waals surface area contributed by atoms with Gasteiger partial charge in [0, 0.05) is 25.2 Å². The van der Waals surface area contributed by atoms with E-state index in [1.54, 1.807) is 0 Å². The first-order chi connectivity index (χ1) is 15.2. The summed E-state index contributed by atoms with van der Waals surface area (Å²) in [7, 11) is -0.371. The number of nitrogens with zero attached hydrogens (tertiary/aromatic N) is 3. The smallest absolute Gasteiger partial charge is 0.399 e. The third-order valence-corrected chi connectivity index (χ3v) is 8.10. The van der Waals surface area contributed by atoms with E-state index in [2.05, 4.69) is 68.5 Å². The van der Waals surface area contributed by atoms with Crippen LogP contribution in [0.25, 0.3) is 11.3 Å². The first-order valence-electron chi connectivity index (χ1n) is 12.1. The first kappa shape index (κ1) is 22.1. The van der Waals surface area contributed by atoms with Crippen LogP contribution < -0.4 is 5.46 Å². The number of hydrogen-bond acceptors (Lipinski definition) is 5. The Labute approximate surface area is 192 Å². The summed E-state index contributed by atoms with van der Waals surface area (Å²) < 4.78 is 14.9. The highest BCUT2D eigenvalue weighted by Crippen LogP contribution is 2.38. The maximum absolute atomic E-state index is 9.92. The molecule has 2 saturated heterocycles. The van der Waals surface area contributed by atoms with Crippen molar-refractivity contribution in [2.75, 3.05) is 13.1 Å². The second-order valence-electron chi connectivity index (χ2n) is 10.7. The standard InChI is InChI=1S/C25H36BN3O3/c1-17-19(8-6-9-20(17)26-31-24(2,3)25(4,5)32-26)21-16-23-22(10-7-13-29(23)27-21)28-14-11-18(30)12-15-28/h6,8-9,16,18,22,30H,7,10-15H2,1-5H3. The molecule has 2 fully saturated rings. The van der Waals surface area contributed by atoms with Gasteiger partial charge in [-0.2, -0.15) is 5.10 Å². The van der Waals surface area contributed by atoms with Crippen molar-refractivity contribution >= 4 is 12.6 Å². The van der Waals surface area contributed by atoms with E-state index in [4.69, 9.17) is 14.4 Å². The van der Waals surface area contributed by atoms with Crippen molar-refractivity contribution < 1.29 is 14.4 Å². The zero-order chi connectivity index (χ0) is 22.7. The molecule has 32 heavy (non-hydrogen) atoms. The van der Waals surface area contributed by atoms with Crippen LogP contribution in [0.4, 0.5) is 0 Å². The van der Waals surface area contributed by atoms with Crippen molar-refractivity contribution in [2.24, 2.45) is 0 Å². The lowest BCUT2D eigenvalue weighted by atomic mass is 9.75. The quantitative estimate of drug-likeness (QED) is 0.746. The maximum Gasteiger partial charge on any atom is 0.495 e. The van der Waals surface area contributed by atoms with Crippen LogP contribution in [0.1, 0.15) is 70.7 Å². The SMILES string of the molecule is Cc1c(B2OC(C)(C)C(C)(C)O2)cccc1-c1cc2n(n1)CCCC2N1CCC(O)CC1. The number of hydrogen-bond donors (Lipinski definition) is 1. The third kappa shape index (κ3) is 3.73. The van der Waals surface area contributed by atoms with Crippen molar-refractivity contribution in [2.45, 2.75) is 90.2 Å². The van der Waals surface area contributed by atoms with Gasteiger partial charge in [0.25, 0.3) is 0 Å². The number of aliphatic hydroxyl groups excluding tert-OH is 1. The molecule has 3 aliphatic heterocycles. The van der Waals surface area contributed by atoms with Crippen LogP contribution in [0.2, 0.25) is 0 Å². The number of fused-ring (bicyclic) bond motifs is 1. The van der Waals surface area contributed by atoms with Gasteiger partial charge >= 0.3 is 7.12 Å². The zero-order valence-corrected chi connectivity index (χ0v) is 20.1. The molecule has 3 aliphatic rings. The molecule has 172 valence electrons. The van der Waals surface area contributed by atoms with E-state index >= 15 is 0 Å². The van der Waals surface area contributed by atoms with E-state index < -0.39 is 0 Å². The highest BCUT2D eigenvalue weighted by atomic mass is 16.7. The van der Waals surface area contributed by atoms with E-state index in [9.17, 15) is 5.11 Å². The predicted octanol–water partition coefficient (Wildman–Crippen LogP) is 3.45. The van der Waals surface area contributed by atoms with Gasteiger partial charge in [0.05, 0.1) is 34.7 Å². The summed E-state index contributed by atoms with van der Waals surface area (Å²) in [4.78, 5) is 2.54. The average Bonchev–Trinajstić information content (AvgIpc) is 3.26. The Bertz CT molecular complexity index is 978. The average molecular weight is 437 g/mol. The molecule has 0 bridgehead atoms. The Morgan fingerprint density at radius 3 is 2.41 bits per heavy atom. The normalized spacial score (nSPS) is 25.8. The van der Waals surface area contributed by atoms with Crippen molar-refractivity contribution in [3.05, 3.63) is 35.5 Å². The number of benzene rings is 1. The molecule has 0 amide bonds. The van der Waals surface area contributed by atoms with Gasteiger partial charge in [0.15, 0.2) is 0 Å². The predicted molar refractivity (Wildman–Crippen MR) is 127 cm³/mol. The number of aryl methyl sites for hydroxylation is 1. The molecule has 0 spiro atoms. The number of likely N-dealkylation sites (tertiary alicyclic amines) is 1. The Balaban J connectivity index is 1.45. The molecule has 5 rings (SSSR count). The zero-order valence-electron chi connectivity index (χ0n) is 20.1. The van der Waals surface area contributed by atoms with Crippen LogP contribution in [0.5, 0.6) is 0 Å².